The Kier molecular flexibility index (Phi) is 3.64. The van der Waals surface area contributed by atoms with Crippen LogP contribution in [0.5, 0.6) is 0 Å². The van der Waals surface area contributed by atoms with Crippen molar-refractivity contribution in [3.63, 3.8) is 0 Å². The maximum Gasteiger partial charge on any atom is 0.167 e. The Morgan fingerprint density at radius 1 is 1.10 bits per heavy atom. The van der Waals surface area contributed by atoms with Gasteiger partial charge in [-0.15, -0.1) is 0 Å². The minimum Gasteiger partial charge on any atom is -0.294 e. The Bertz CT molecular complexity index is 629. The fourth-order valence-corrected chi connectivity index (χ4v) is 2.62. The van der Waals surface area contributed by atoms with Crippen molar-refractivity contribution < 1.29 is 9.18 Å². The largest absolute Gasteiger partial charge is 0.294 e. The molecule has 0 aliphatic heterocycles. The quantitative estimate of drug-likeness (QED) is 0.745. The van der Waals surface area contributed by atoms with E-state index in [2.05, 4.69) is 6.07 Å². The minimum absolute atomic E-state index is 0.0173. The summed E-state index contributed by atoms with van der Waals surface area (Å²) in [5, 5.41) is 0. The number of halogens is 1. The van der Waals surface area contributed by atoms with E-state index in [4.69, 9.17) is 0 Å². The molecule has 1 saturated carbocycles. The predicted octanol–water partition coefficient (Wildman–Crippen LogP) is 4.52. The summed E-state index contributed by atoms with van der Waals surface area (Å²) < 4.78 is 13.6. The lowest BCUT2D eigenvalue weighted by atomic mass is 9.79. The predicted molar refractivity (Wildman–Crippen MR) is 77.5 cm³/mol. The van der Waals surface area contributed by atoms with E-state index in [1.165, 1.54) is 30.9 Å². The first-order valence-electron chi connectivity index (χ1n) is 7.10. The summed E-state index contributed by atoms with van der Waals surface area (Å²) in [6.45, 7) is 0. The first kappa shape index (κ1) is 13.0. The zero-order chi connectivity index (χ0) is 13.9. The van der Waals surface area contributed by atoms with Crippen LogP contribution in [-0.2, 0) is 6.42 Å². The van der Waals surface area contributed by atoms with Crippen LogP contribution < -0.4 is 0 Å². The zero-order valence-corrected chi connectivity index (χ0v) is 11.3. The molecule has 2 aromatic rings. The monoisotopic (exact) mass is 268 g/mol. The van der Waals surface area contributed by atoms with Crippen LogP contribution in [0.4, 0.5) is 4.39 Å². The number of carbonyl (C=O) groups is 1. The second-order valence-electron chi connectivity index (χ2n) is 5.44. The van der Waals surface area contributed by atoms with Crippen molar-refractivity contribution >= 4 is 5.78 Å². The second kappa shape index (κ2) is 5.58. The number of hydrogen-bond acceptors (Lipinski definition) is 1. The van der Waals surface area contributed by atoms with Crippen molar-refractivity contribution in [3.05, 3.63) is 71.0 Å². The Morgan fingerprint density at radius 2 is 1.90 bits per heavy atom. The number of Topliss-reactive ketones (excluding diaryl/α,β-unsaturated/α-hetero) is 1. The molecule has 2 heteroatoms. The van der Waals surface area contributed by atoms with Crippen LogP contribution >= 0.6 is 0 Å². The highest BCUT2D eigenvalue weighted by Gasteiger charge is 2.20. The molecular formula is C18H17FO. The van der Waals surface area contributed by atoms with E-state index in [9.17, 15) is 9.18 Å². The summed E-state index contributed by atoms with van der Waals surface area (Å²) in [6, 6.07) is 14.3. The van der Waals surface area contributed by atoms with Gasteiger partial charge in [0.15, 0.2) is 5.78 Å². The summed E-state index contributed by atoms with van der Waals surface area (Å²) in [6.07, 6.45) is 3.83. The molecule has 20 heavy (non-hydrogen) atoms. The number of hydrogen-bond donors (Lipinski definition) is 0. The van der Waals surface area contributed by atoms with Crippen LogP contribution in [0.15, 0.2) is 48.5 Å². The second-order valence-corrected chi connectivity index (χ2v) is 5.44. The summed E-state index contributed by atoms with van der Waals surface area (Å²) >= 11 is 0. The number of benzene rings is 2. The number of rotatable bonds is 4. The fourth-order valence-electron chi connectivity index (χ4n) is 2.62. The molecule has 102 valence electrons. The van der Waals surface area contributed by atoms with Gasteiger partial charge < -0.3 is 0 Å². The van der Waals surface area contributed by atoms with E-state index in [0.29, 0.717) is 17.0 Å². The Labute approximate surface area is 118 Å². The molecule has 1 aliphatic carbocycles. The maximum absolute atomic E-state index is 13.6. The molecule has 0 unspecified atom stereocenters. The van der Waals surface area contributed by atoms with Crippen molar-refractivity contribution in [2.75, 3.05) is 0 Å². The SMILES string of the molecule is O=C(Cc1ccccc1F)c1cccc(C2CCC2)c1. The van der Waals surface area contributed by atoms with Gasteiger partial charge in [-0.25, -0.2) is 4.39 Å². The van der Waals surface area contributed by atoms with Gasteiger partial charge in [0.1, 0.15) is 5.82 Å². The van der Waals surface area contributed by atoms with Gasteiger partial charge in [0.05, 0.1) is 0 Å². The van der Waals surface area contributed by atoms with Crippen LogP contribution in [0.2, 0.25) is 0 Å². The van der Waals surface area contributed by atoms with Crippen molar-refractivity contribution in [3.8, 4) is 0 Å². The van der Waals surface area contributed by atoms with Gasteiger partial charge in [0.2, 0.25) is 0 Å². The van der Waals surface area contributed by atoms with Gasteiger partial charge in [0, 0.05) is 12.0 Å². The van der Waals surface area contributed by atoms with E-state index >= 15 is 0 Å². The molecule has 0 amide bonds. The van der Waals surface area contributed by atoms with E-state index in [-0.39, 0.29) is 18.0 Å². The van der Waals surface area contributed by atoms with E-state index in [0.717, 1.165) is 0 Å². The molecule has 0 bridgehead atoms. The lowest BCUT2D eigenvalue weighted by Crippen LogP contribution is -2.11. The average Bonchev–Trinajstić information content (AvgIpc) is 2.40. The third-order valence-electron chi connectivity index (χ3n) is 4.09. The van der Waals surface area contributed by atoms with Crippen LogP contribution in [0.1, 0.15) is 46.7 Å². The van der Waals surface area contributed by atoms with E-state index in [1.807, 2.05) is 18.2 Å². The number of carbonyl (C=O) groups excluding carboxylic acids is 1. The molecule has 0 heterocycles. The highest BCUT2D eigenvalue weighted by Crippen LogP contribution is 2.36. The molecule has 3 rings (SSSR count). The van der Waals surface area contributed by atoms with Gasteiger partial charge >= 0.3 is 0 Å². The standard InChI is InChI=1S/C18H17FO/c19-17-10-2-1-5-15(17)12-18(20)16-9-4-8-14(11-16)13-6-3-7-13/h1-2,4-5,8-11,13H,3,6-7,12H2. The normalized spacial score (nSPS) is 14.8. The molecule has 0 aromatic heterocycles. The lowest BCUT2D eigenvalue weighted by molar-refractivity contribution is 0.0991. The molecule has 0 N–H and O–H groups in total. The third-order valence-corrected chi connectivity index (χ3v) is 4.09. The van der Waals surface area contributed by atoms with Crippen molar-refractivity contribution in [1.82, 2.24) is 0 Å². The maximum atomic E-state index is 13.6. The highest BCUT2D eigenvalue weighted by atomic mass is 19.1. The Morgan fingerprint density at radius 3 is 2.60 bits per heavy atom. The Hall–Kier alpha value is -1.96. The molecule has 0 spiro atoms. The highest BCUT2D eigenvalue weighted by molar-refractivity contribution is 5.97. The molecule has 1 fully saturated rings. The molecular weight excluding hydrogens is 251 g/mol. The Balaban J connectivity index is 1.78. The first-order valence-corrected chi connectivity index (χ1v) is 7.10. The summed E-state index contributed by atoms with van der Waals surface area (Å²) in [4.78, 5) is 12.3. The summed E-state index contributed by atoms with van der Waals surface area (Å²) in [5.41, 5.74) is 2.40. The summed E-state index contributed by atoms with van der Waals surface area (Å²) in [7, 11) is 0. The van der Waals surface area contributed by atoms with Gasteiger partial charge in [-0.2, -0.15) is 0 Å². The first-order chi connectivity index (χ1) is 9.74. The third kappa shape index (κ3) is 2.64. The van der Waals surface area contributed by atoms with Crippen LogP contribution in [0.3, 0.4) is 0 Å². The van der Waals surface area contributed by atoms with Gasteiger partial charge in [0.25, 0.3) is 0 Å². The molecule has 0 saturated heterocycles. The number of ketones is 1. The zero-order valence-electron chi connectivity index (χ0n) is 11.3. The van der Waals surface area contributed by atoms with E-state index < -0.39 is 0 Å². The smallest absolute Gasteiger partial charge is 0.167 e. The van der Waals surface area contributed by atoms with Gasteiger partial charge in [-0.3, -0.25) is 4.79 Å². The molecule has 0 atom stereocenters. The lowest BCUT2D eigenvalue weighted by Gasteiger charge is -2.26. The summed E-state index contributed by atoms with van der Waals surface area (Å²) in [5.74, 6) is 0.281. The van der Waals surface area contributed by atoms with Crippen LogP contribution in [0.25, 0.3) is 0 Å². The van der Waals surface area contributed by atoms with Crippen molar-refractivity contribution in [2.45, 2.75) is 31.6 Å². The van der Waals surface area contributed by atoms with Crippen LogP contribution in [0, 0.1) is 5.82 Å². The van der Waals surface area contributed by atoms with Gasteiger partial charge in [-0.05, 0) is 42.0 Å². The molecule has 2 aromatic carbocycles. The van der Waals surface area contributed by atoms with Gasteiger partial charge in [-0.1, -0.05) is 42.8 Å². The molecule has 0 radical (unpaired) electrons. The van der Waals surface area contributed by atoms with E-state index in [1.54, 1.807) is 18.2 Å². The van der Waals surface area contributed by atoms with Crippen molar-refractivity contribution in [2.24, 2.45) is 0 Å². The van der Waals surface area contributed by atoms with Crippen molar-refractivity contribution in [1.29, 1.82) is 0 Å². The van der Waals surface area contributed by atoms with Crippen LogP contribution in [-0.4, -0.2) is 5.78 Å². The molecule has 1 aliphatic rings. The molecule has 1 nitrogen and oxygen atoms in total. The average molecular weight is 268 g/mol. The minimum atomic E-state index is -0.309. The fraction of sp³-hybridized carbons (Fsp3) is 0.278. The topological polar surface area (TPSA) is 17.1 Å².